The lowest BCUT2D eigenvalue weighted by Crippen LogP contribution is -2.51. The molecule has 1 atom stereocenters. The van der Waals surface area contributed by atoms with E-state index in [-0.39, 0.29) is 11.9 Å². The van der Waals surface area contributed by atoms with E-state index in [1.54, 1.807) is 12.4 Å². The maximum absolute atomic E-state index is 13.2. The van der Waals surface area contributed by atoms with Crippen molar-refractivity contribution in [3.8, 4) is 0 Å². The number of hydrogen-bond acceptors (Lipinski definition) is 5. The Balaban J connectivity index is 1.44. The largest absolute Gasteiger partial charge is 0.339 e. The van der Waals surface area contributed by atoms with Crippen molar-refractivity contribution in [2.75, 3.05) is 38.1 Å². The van der Waals surface area contributed by atoms with E-state index < -0.39 is 0 Å². The summed E-state index contributed by atoms with van der Waals surface area (Å²) in [5.74, 6) is 1.00. The van der Waals surface area contributed by atoms with Gasteiger partial charge in [-0.05, 0) is 37.1 Å². The first kappa shape index (κ1) is 17.0. The van der Waals surface area contributed by atoms with Gasteiger partial charge >= 0.3 is 0 Å². The molecule has 0 radical (unpaired) electrons. The fraction of sp³-hybridized carbons (Fsp3) is 0.450. The van der Waals surface area contributed by atoms with Crippen LogP contribution in [-0.4, -0.2) is 64.9 Å². The van der Waals surface area contributed by atoms with Gasteiger partial charge in [0.15, 0.2) is 0 Å². The summed E-state index contributed by atoms with van der Waals surface area (Å²) in [6, 6.07) is 10.2. The Labute approximate surface area is 154 Å². The van der Waals surface area contributed by atoms with Crippen molar-refractivity contribution >= 4 is 11.9 Å². The van der Waals surface area contributed by atoms with Gasteiger partial charge in [0.2, 0.25) is 11.9 Å². The van der Waals surface area contributed by atoms with Gasteiger partial charge in [0.05, 0.1) is 6.04 Å². The second-order valence-corrected chi connectivity index (χ2v) is 7.12. The Morgan fingerprint density at radius 1 is 1.00 bits per heavy atom. The van der Waals surface area contributed by atoms with E-state index in [0.717, 1.165) is 51.5 Å². The molecule has 3 heterocycles. The molecule has 0 saturated carbocycles. The molecule has 1 fully saturated rings. The van der Waals surface area contributed by atoms with Crippen LogP contribution in [0.1, 0.15) is 17.5 Å². The summed E-state index contributed by atoms with van der Waals surface area (Å²) < 4.78 is 0. The Kier molecular flexibility index (Phi) is 4.84. The van der Waals surface area contributed by atoms with E-state index in [1.165, 1.54) is 11.1 Å². The van der Waals surface area contributed by atoms with Crippen LogP contribution in [0.25, 0.3) is 0 Å². The maximum atomic E-state index is 13.2. The average Bonchev–Trinajstić information content (AvgIpc) is 2.94. The van der Waals surface area contributed by atoms with Crippen molar-refractivity contribution in [3.05, 3.63) is 53.9 Å². The van der Waals surface area contributed by atoms with Crippen LogP contribution in [-0.2, 0) is 17.8 Å². The zero-order valence-electron chi connectivity index (χ0n) is 15.2. The molecule has 26 heavy (non-hydrogen) atoms. The molecular weight excluding hydrogens is 326 g/mol. The van der Waals surface area contributed by atoms with Crippen LogP contribution >= 0.6 is 0 Å². The number of benzene rings is 1. The van der Waals surface area contributed by atoms with E-state index in [9.17, 15) is 4.79 Å². The number of rotatable bonds is 2. The number of amides is 1. The van der Waals surface area contributed by atoms with Gasteiger partial charge in [-0.2, -0.15) is 0 Å². The SMILES string of the molecule is CN1Cc2ccccc2C[C@H]1C(=O)N1CCCN(c2ncccn2)CC1. The Morgan fingerprint density at radius 2 is 1.77 bits per heavy atom. The Bertz CT molecular complexity index is 766. The number of fused-ring (bicyclic) bond motifs is 1. The molecule has 136 valence electrons. The smallest absolute Gasteiger partial charge is 0.240 e. The number of nitrogens with zero attached hydrogens (tertiary/aromatic N) is 5. The summed E-state index contributed by atoms with van der Waals surface area (Å²) in [5, 5.41) is 0. The Morgan fingerprint density at radius 3 is 2.58 bits per heavy atom. The van der Waals surface area contributed by atoms with Crippen LogP contribution in [0, 0.1) is 0 Å². The van der Waals surface area contributed by atoms with E-state index in [2.05, 4.69) is 51.1 Å². The van der Waals surface area contributed by atoms with Crippen LogP contribution in [0.5, 0.6) is 0 Å². The first-order chi connectivity index (χ1) is 12.7. The molecule has 2 aliphatic rings. The molecular formula is C20H25N5O. The number of likely N-dealkylation sites (N-methyl/N-ethyl adjacent to an activating group) is 1. The monoisotopic (exact) mass is 351 g/mol. The summed E-state index contributed by atoms with van der Waals surface area (Å²) >= 11 is 0. The van der Waals surface area contributed by atoms with Crippen molar-refractivity contribution < 1.29 is 4.79 Å². The number of carbonyl (C=O) groups is 1. The van der Waals surface area contributed by atoms with Crippen LogP contribution in [0.3, 0.4) is 0 Å². The fourth-order valence-electron chi connectivity index (χ4n) is 3.93. The standard InChI is InChI=1S/C20H25N5O/c1-23-15-17-7-3-2-6-16(17)14-18(23)19(26)24-10-5-11-25(13-12-24)20-21-8-4-9-22-20/h2-4,6-9,18H,5,10-15H2,1H3/t18-/m0/s1. The second kappa shape index (κ2) is 7.41. The molecule has 0 spiro atoms. The summed E-state index contributed by atoms with van der Waals surface area (Å²) in [5.41, 5.74) is 2.64. The number of carbonyl (C=O) groups excluding carboxylic acids is 1. The highest BCUT2D eigenvalue weighted by atomic mass is 16.2. The predicted molar refractivity (Wildman–Crippen MR) is 101 cm³/mol. The molecule has 0 aliphatic carbocycles. The third-order valence-corrected chi connectivity index (χ3v) is 5.41. The minimum absolute atomic E-state index is 0.0653. The third kappa shape index (κ3) is 3.42. The first-order valence-corrected chi connectivity index (χ1v) is 9.30. The van der Waals surface area contributed by atoms with Gasteiger partial charge < -0.3 is 9.80 Å². The molecule has 2 aromatic rings. The van der Waals surface area contributed by atoms with E-state index in [1.807, 2.05) is 11.0 Å². The highest BCUT2D eigenvalue weighted by Crippen LogP contribution is 2.23. The quantitative estimate of drug-likeness (QED) is 0.822. The molecule has 0 bridgehead atoms. The number of aromatic nitrogens is 2. The van der Waals surface area contributed by atoms with Gasteiger partial charge in [-0.25, -0.2) is 9.97 Å². The van der Waals surface area contributed by atoms with Crippen LogP contribution in [0.15, 0.2) is 42.7 Å². The molecule has 6 nitrogen and oxygen atoms in total. The van der Waals surface area contributed by atoms with Crippen LogP contribution < -0.4 is 4.90 Å². The van der Waals surface area contributed by atoms with E-state index in [0.29, 0.717) is 0 Å². The maximum Gasteiger partial charge on any atom is 0.240 e. The molecule has 1 aromatic heterocycles. The fourth-order valence-corrected chi connectivity index (χ4v) is 3.93. The van der Waals surface area contributed by atoms with Crippen molar-refractivity contribution in [2.45, 2.75) is 25.4 Å². The molecule has 4 rings (SSSR count). The van der Waals surface area contributed by atoms with Crippen molar-refractivity contribution in [1.29, 1.82) is 0 Å². The summed E-state index contributed by atoms with van der Waals surface area (Å²) in [6.07, 6.45) is 5.28. The van der Waals surface area contributed by atoms with Gasteiger partial charge in [-0.3, -0.25) is 9.69 Å². The molecule has 1 amide bonds. The van der Waals surface area contributed by atoms with E-state index >= 15 is 0 Å². The predicted octanol–water partition coefficient (Wildman–Crippen LogP) is 1.57. The molecule has 1 aromatic carbocycles. The topological polar surface area (TPSA) is 52.6 Å². The first-order valence-electron chi connectivity index (χ1n) is 9.30. The summed E-state index contributed by atoms with van der Waals surface area (Å²) in [7, 11) is 2.06. The normalized spacial score (nSPS) is 21.2. The minimum Gasteiger partial charge on any atom is -0.339 e. The molecule has 2 aliphatic heterocycles. The minimum atomic E-state index is -0.0653. The van der Waals surface area contributed by atoms with Gasteiger partial charge in [0.25, 0.3) is 0 Å². The lowest BCUT2D eigenvalue weighted by atomic mass is 9.93. The molecule has 0 N–H and O–H groups in total. The van der Waals surface area contributed by atoms with Crippen molar-refractivity contribution in [3.63, 3.8) is 0 Å². The van der Waals surface area contributed by atoms with Gasteiger partial charge in [-0.1, -0.05) is 24.3 Å². The third-order valence-electron chi connectivity index (χ3n) is 5.41. The Hall–Kier alpha value is -2.47. The second-order valence-electron chi connectivity index (χ2n) is 7.12. The zero-order chi connectivity index (χ0) is 17.9. The van der Waals surface area contributed by atoms with Crippen LogP contribution in [0.2, 0.25) is 0 Å². The van der Waals surface area contributed by atoms with E-state index in [4.69, 9.17) is 0 Å². The van der Waals surface area contributed by atoms with Gasteiger partial charge in [0.1, 0.15) is 0 Å². The van der Waals surface area contributed by atoms with Gasteiger partial charge in [-0.15, -0.1) is 0 Å². The lowest BCUT2D eigenvalue weighted by Gasteiger charge is -2.36. The number of anilines is 1. The van der Waals surface area contributed by atoms with Gasteiger partial charge in [0, 0.05) is 45.1 Å². The average molecular weight is 351 g/mol. The lowest BCUT2D eigenvalue weighted by molar-refractivity contribution is -0.136. The molecule has 6 heteroatoms. The summed E-state index contributed by atoms with van der Waals surface area (Å²) in [4.78, 5) is 28.3. The zero-order valence-corrected chi connectivity index (χ0v) is 15.2. The molecule has 0 unspecified atom stereocenters. The summed E-state index contributed by atoms with van der Waals surface area (Å²) in [6.45, 7) is 4.03. The number of hydrogen-bond donors (Lipinski definition) is 0. The highest BCUT2D eigenvalue weighted by molar-refractivity contribution is 5.82. The van der Waals surface area contributed by atoms with Crippen molar-refractivity contribution in [2.24, 2.45) is 0 Å². The molecule has 1 saturated heterocycles. The highest BCUT2D eigenvalue weighted by Gasteiger charge is 2.32. The van der Waals surface area contributed by atoms with Crippen molar-refractivity contribution in [1.82, 2.24) is 19.8 Å². The van der Waals surface area contributed by atoms with Crippen LogP contribution in [0.4, 0.5) is 5.95 Å².